The molecule has 2 nitrogen and oxygen atoms in total. The maximum atomic E-state index is 11.3. The van der Waals surface area contributed by atoms with Crippen molar-refractivity contribution >= 4 is 40.1 Å². The zero-order valence-electron chi connectivity index (χ0n) is 9.75. The number of benzene rings is 1. The first-order valence-corrected chi connectivity index (χ1v) is 7.24. The molecule has 0 unspecified atom stereocenters. The van der Waals surface area contributed by atoms with Gasteiger partial charge in [0.1, 0.15) is 0 Å². The van der Waals surface area contributed by atoms with Gasteiger partial charge >= 0.3 is 0 Å². The summed E-state index contributed by atoms with van der Waals surface area (Å²) in [5.41, 5.74) is 1.33. The molecule has 1 aliphatic rings. The van der Waals surface area contributed by atoms with Gasteiger partial charge < -0.3 is 4.90 Å². The standard InChI is InChI=1S/C13H15ClINO/c1-9(17)16-6-4-10(5-7-16)12-8-11(14)2-3-13(12)15/h2-3,8,10H,4-7H2,1H3. The molecule has 1 saturated heterocycles. The van der Waals surface area contributed by atoms with Crippen molar-refractivity contribution in [3.05, 3.63) is 32.4 Å². The van der Waals surface area contributed by atoms with Crippen molar-refractivity contribution in [1.29, 1.82) is 0 Å². The van der Waals surface area contributed by atoms with Crippen molar-refractivity contribution in [2.24, 2.45) is 0 Å². The van der Waals surface area contributed by atoms with Gasteiger partial charge in [-0.1, -0.05) is 11.6 Å². The van der Waals surface area contributed by atoms with Crippen LogP contribution in [0.5, 0.6) is 0 Å². The van der Waals surface area contributed by atoms with Crippen LogP contribution in [0.1, 0.15) is 31.2 Å². The molecular weight excluding hydrogens is 349 g/mol. The highest BCUT2D eigenvalue weighted by Gasteiger charge is 2.23. The molecule has 0 aliphatic carbocycles. The van der Waals surface area contributed by atoms with Crippen molar-refractivity contribution < 1.29 is 4.79 Å². The van der Waals surface area contributed by atoms with E-state index in [9.17, 15) is 4.79 Å². The largest absolute Gasteiger partial charge is 0.343 e. The Balaban J connectivity index is 2.10. The van der Waals surface area contributed by atoms with Crippen LogP contribution >= 0.6 is 34.2 Å². The van der Waals surface area contributed by atoms with E-state index in [2.05, 4.69) is 34.7 Å². The van der Waals surface area contributed by atoms with E-state index in [1.807, 2.05) is 11.0 Å². The predicted molar refractivity (Wildman–Crippen MR) is 78.4 cm³/mol. The van der Waals surface area contributed by atoms with Gasteiger partial charge in [-0.25, -0.2) is 0 Å². The molecule has 1 amide bonds. The zero-order chi connectivity index (χ0) is 12.4. The number of halogens is 2. The molecule has 92 valence electrons. The Hall–Kier alpha value is -0.290. The topological polar surface area (TPSA) is 20.3 Å². The summed E-state index contributed by atoms with van der Waals surface area (Å²) in [5.74, 6) is 0.723. The number of carbonyl (C=O) groups is 1. The van der Waals surface area contributed by atoms with Crippen molar-refractivity contribution in [1.82, 2.24) is 4.90 Å². The van der Waals surface area contributed by atoms with Crippen LogP contribution in [0.4, 0.5) is 0 Å². The van der Waals surface area contributed by atoms with Gasteiger partial charge in [-0.15, -0.1) is 0 Å². The molecule has 0 N–H and O–H groups in total. The maximum Gasteiger partial charge on any atom is 0.219 e. The third-order valence-corrected chi connectivity index (χ3v) is 4.56. The lowest BCUT2D eigenvalue weighted by atomic mass is 9.89. The van der Waals surface area contributed by atoms with Gasteiger partial charge in [0.15, 0.2) is 0 Å². The van der Waals surface area contributed by atoms with Gasteiger partial charge in [-0.3, -0.25) is 4.79 Å². The number of amides is 1. The number of likely N-dealkylation sites (tertiary alicyclic amines) is 1. The lowest BCUT2D eigenvalue weighted by Crippen LogP contribution is -2.36. The minimum atomic E-state index is 0.184. The Morgan fingerprint density at radius 3 is 2.65 bits per heavy atom. The Kier molecular flexibility index (Phi) is 4.31. The van der Waals surface area contributed by atoms with Crippen LogP contribution in [0.15, 0.2) is 18.2 Å². The molecule has 0 radical (unpaired) electrons. The molecule has 0 bridgehead atoms. The average molecular weight is 364 g/mol. The van der Waals surface area contributed by atoms with Crippen LogP contribution in [0, 0.1) is 3.57 Å². The van der Waals surface area contributed by atoms with Gasteiger partial charge in [0.25, 0.3) is 0 Å². The highest BCUT2D eigenvalue weighted by Crippen LogP contribution is 2.32. The van der Waals surface area contributed by atoms with Gasteiger partial charge in [0.05, 0.1) is 0 Å². The molecule has 2 rings (SSSR count). The fraction of sp³-hybridized carbons (Fsp3) is 0.462. The summed E-state index contributed by atoms with van der Waals surface area (Å²) < 4.78 is 1.27. The first-order chi connectivity index (χ1) is 8.08. The third-order valence-electron chi connectivity index (χ3n) is 3.34. The smallest absolute Gasteiger partial charge is 0.219 e. The molecule has 17 heavy (non-hydrogen) atoms. The fourth-order valence-electron chi connectivity index (χ4n) is 2.33. The van der Waals surface area contributed by atoms with Crippen LogP contribution in [-0.4, -0.2) is 23.9 Å². The van der Waals surface area contributed by atoms with E-state index >= 15 is 0 Å². The maximum absolute atomic E-state index is 11.3. The lowest BCUT2D eigenvalue weighted by molar-refractivity contribution is -0.129. The van der Waals surface area contributed by atoms with E-state index in [1.165, 1.54) is 9.13 Å². The van der Waals surface area contributed by atoms with E-state index in [0.717, 1.165) is 31.0 Å². The summed E-state index contributed by atoms with van der Waals surface area (Å²) >= 11 is 8.41. The molecule has 1 aromatic rings. The molecule has 1 fully saturated rings. The molecule has 0 aromatic heterocycles. The molecule has 0 saturated carbocycles. The second-order valence-corrected chi connectivity index (χ2v) is 6.04. The molecule has 4 heteroatoms. The van der Waals surface area contributed by atoms with E-state index < -0.39 is 0 Å². The van der Waals surface area contributed by atoms with E-state index in [4.69, 9.17) is 11.6 Å². The second-order valence-electron chi connectivity index (χ2n) is 4.45. The van der Waals surface area contributed by atoms with Crippen molar-refractivity contribution in [2.75, 3.05) is 13.1 Å². The van der Waals surface area contributed by atoms with Crippen molar-refractivity contribution in [3.63, 3.8) is 0 Å². The highest BCUT2D eigenvalue weighted by molar-refractivity contribution is 14.1. The van der Waals surface area contributed by atoms with E-state index in [1.54, 1.807) is 6.92 Å². The molecule has 1 aromatic carbocycles. The lowest BCUT2D eigenvalue weighted by Gasteiger charge is -2.32. The first-order valence-electron chi connectivity index (χ1n) is 5.78. The molecule has 0 atom stereocenters. The number of nitrogens with zero attached hydrogens (tertiary/aromatic N) is 1. The third kappa shape index (κ3) is 3.13. The molecule has 1 heterocycles. The number of rotatable bonds is 1. The SMILES string of the molecule is CC(=O)N1CCC(c2cc(Cl)ccc2I)CC1. The Labute approximate surface area is 120 Å². The van der Waals surface area contributed by atoms with Gasteiger partial charge in [-0.05, 0) is 65.1 Å². The number of carbonyl (C=O) groups excluding carboxylic acids is 1. The number of piperidine rings is 1. The summed E-state index contributed by atoms with van der Waals surface area (Å²) in [6, 6.07) is 6.06. The zero-order valence-corrected chi connectivity index (χ0v) is 12.7. The van der Waals surface area contributed by atoms with Gasteiger partial charge in [0, 0.05) is 28.6 Å². The van der Waals surface area contributed by atoms with Crippen molar-refractivity contribution in [3.8, 4) is 0 Å². The second kappa shape index (κ2) is 5.57. The van der Waals surface area contributed by atoms with Crippen LogP contribution in [0.3, 0.4) is 0 Å². The van der Waals surface area contributed by atoms with Crippen LogP contribution in [0.25, 0.3) is 0 Å². The Morgan fingerprint density at radius 2 is 2.06 bits per heavy atom. The van der Waals surface area contributed by atoms with Crippen molar-refractivity contribution in [2.45, 2.75) is 25.7 Å². The number of hydrogen-bond donors (Lipinski definition) is 0. The fourth-order valence-corrected chi connectivity index (χ4v) is 3.29. The number of hydrogen-bond acceptors (Lipinski definition) is 1. The quantitative estimate of drug-likeness (QED) is 0.697. The Bertz CT molecular complexity index is 427. The monoisotopic (exact) mass is 363 g/mol. The first kappa shape index (κ1) is 13.1. The minimum absolute atomic E-state index is 0.184. The van der Waals surface area contributed by atoms with Crippen LogP contribution in [-0.2, 0) is 4.79 Å². The van der Waals surface area contributed by atoms with Gasteiger partial charge in [-0.2, -0.15) is 0 Å². The normalized spacial score (nSPS) is 17.2. The highest BCUT2D eigenvalue weighted by atomic mass is 127. The van der Waals surface area contributed by atoms with Gasteiger partial charge in [0.2, 0.25) is 5.91 Å². The predicted octanol–water partition coefficient (Wildman–Crippen LogP) is 3.67. The summed E-state index contributed by atoms with van der Waals surface area (Å²) in [4.78, 5) is 13.2. The van der Waals surface area contributed by atoms with E-state index in [0.29, 0.717) is 5.92 Å². The summed E-state index contributed by atoms with van der Waals surface area (Å²) in [6.45, 7) is 3.37. The van der Waals surface area contributed by atoms with E-state index in [-0.39, 0.29) is 5.91 Å². The summed E-state index contributed by atoms with van der Waals surface area (Å²) in [5, 5.41) is 0.800. The summed E-state index contributed by atoms with van der Waals surface area (Å²) in [7, 11) is 0. The Morgan fingerprint density at radius 1 is 1.41 bits per heavy atom. The molecular formula is C13H15ClINO. The average Bonchev–Trinajstić information content (AvgIpc) is 2.32. The molecule has 0 spiro atoms. The molecule has 1 aliphatic heterocycles. The van der Waals surface area contributed by atoms with Crippen LogP contribution in [0.2, 0.25) is 5.02 Å². The summed E-state index contributed by atoms with van der Waals surface area (Å²) in [6.07, 6.45) is 2.08. The minimum Gasteiger partial charge on any atom is -0.343 e. The van der Waals surface area contributed by atoms with Crippen LogP contribution < -0.4 is 0 Å².